The monoisotopic (exact) mass is 348 g/mol. The second-order valence-electron chi connectivity index (χ2n) is 6.91. The van der Waals surface area contributed by atoms with Gasteiger partial charge < -0.3 is 15.0 Å². The van der Waals surface area contributed by atoms with E-state index in [9.17, 15) is 4.79 Å². The molecule has 1 saturated heterocycles. The van der Waals surface area contributed by atoms with E-state index in [0.29, 0.717) is 18.9 Å². The van der Waals surface area contributed by atoms with Crippen molar-refractivity contribution >= 4 is 34.4 Å². The summed E-state index contributed by atoms with van der Waals surface area (Å²) in [6, 6.07) is 7.80. The van der Waals surface area contributed by atoms with Crippen molar-refractivity contribution < 1.29 is 9.53 Å². The van der Waals surface area contributed by atoms with Crippen LogP contribution in [0.2, 0.25) is 5.28 Å². The number of ether oxygens (including phenoxy) is 1. The fourth-order valence-electron chi connectivity index (χ4n) is 2.72. The topological polar surface area (TPSA) is 67.3 Å². The zero-order valence-corrected chi connectivity index (χ0v) is 14.8. The molecule has 1 N–H and O–H groups in total. The minimum absolute atomic E-state index is 0.104. The molecule has 1 fully saturated rings. The van der Waals surface area contributed by atoms with Crippen LogP contribution in [-0.4, -0.2) is 45.7 Å². The number of anilines is 1. The lowest BCUT2D eigenvalue weighted by molar-refractivity contribution is 0.0293. The van der Waals surface area contributed by atoms with Crippen molar-refractivity contribution in [3.05, 3.63) is 29.5 Å². The lowest BCUT2D eigenvalue weighted by atomic mass is 10.2. The molecule has 2 heterocycles. The van der Waals surface area contributed by atoms with E-state index in [1.165, 1.54) is 0 Å². The third kappa shape index (κ3) is 3.87. The molecule has 1 aliphatic rings. The van der Waals surface area contributed by atoms with Gasteiger partial charge in [0.2, 0.25) is 5.28 Å². The Morgan fingerprint density at radius 3 is 2.83 bits per heavy atom. The van der Waals surface area contributed by atoms with Crippen molar-refractivity contribution in [1.82, 2.24) is 14.9 Å². The number of benzene rings is 1. The highest BCUT2D eigenvalue weighted by Gasteiger charge is 2.30. The van der Waals surface area contributed by atoms with Crippen LogP contribution in [0.4, 0.5) is 10.6 Å². The van der Waals surface area contributed by atoms with Crippen molar-refractivity contribution in [2.24, 2.45) is 0 Å². The minimum Gasteiger partial charge on any atom is -0.444 e. The molecule has 0 spiro atoms. The SMILES string of the molecule is CC(C)(C)OC(=O)N1CCC(Nc2nc(Cl)nc3ccccc23)C1. The number of rotatable bonds is 2. The van der Waals surface area contributed by atoms with Gasteiger partial charge >= 0.3 is 6.09 Å². The standard InChI is InChI=1S/C17H21ClN4O2/c1-17(2,3)24-16(23)22-9-8-11(10-22)19-14-12-6-4-5-7-13(12)20-15(18)21-14/h4-7,11H,8-10H2,1-3H3,(H,19,20,21). The molecule has 0 saturated carbocycles. The molecule has 1 aromatic heterocycles. The maximum atomic E-state index is 12.2. The highest BCUT2D eigenvalue weighted by atomic mass is 35.5. The third-order valence-corrected chi connectivity index (χ3v) is 3.93. The molecule has 7 heteroatoms. The lowest BCUT2D eigenvalue weighted by Crippen LogP contribution is -2.36. The number of fused-ring (bicyclic) bond motifs is 1. The Bertz CT molecular complexity index is 760. The summed E-state index contributed by atoms with van der Waals surface area (Å²) in [5.74, 6) is 0.696. The van der Waals surface area contributed by atoms with Gasteiger partial charge in [0, 0.05) is 24.5 Å². The molecular weight excluding hydrogens is 328 g/mol. The fraction of sp³-hybridized carbons (Fsp3) is 0.471. The van der Waals surface area contributed by atoms with Crippen LogP contribution in [-0.2, 0) is 4.74 Å². The average molecular weight is 349 g/mol. The molecule has 1 atom stereocenters. The first-order valence-electron chi connectivity index (χ1n) is 7.98. The van der Waals surface area contributed by atoms with Gasteiger partial charge in [-0.05, 0) is 50.9 Å². The molecule has 2 aromatic rings. The molecule has 1 aliphatic heterocycles. The predicted molar refractivity (Wildman–Crippen MR) is 94.4 cm³/mol. The molecule has 0 radical (unpaired) electrons. The Balaban J connectivity index is 1.71. The maximum absolute atomic E-state index is 12.2. The van der Waals surface area contributed by atoms with Crippen LogP contribution in [0.25, 0.3) is 10.9 Å². The summed E-state index contributed by atoms with van der Waals surface area (Å²) in [7, 11) is 0. The van der Waals surface area contributed by atoms with Crippen LogP contribution in [0.1, 0.15) is 27.2 Å². The van der Waals surface area contributed by atoms with Gasteiger partial charge in [-0.1, -0.05) is 12.1 Å². The Labute approximate surface area is 146 Å². The zero-order valence-electron chi connectivity index (χ0n) is 14.0. The van der Waals surface area contributed by atoms with Crippen LogP contribution in [0, 0.1) is 0 Å². The summed E-state index contributed by atoms with van der Waals surface area (Å²) >= 11 is 6.01. The predicted octanol–water partition coefficient (Wildman–Crippen LogP) is 3.70. The van der Waals surface area contributed by atoms with E-state index in [2.05, 4.69) is 15.3 Å². The smallest absolute Gasteiger partial charge is 0.410 e. The van der Waals surface area contributed by atoms with Crippen molar-refractivity contribution in [2.45, 2.75) is 38.8 Å². The zero-order chi connectivity index (χ0) is 17.3. The first kappa shape index (κ1) is 16.8. The van der Waals surface area contributed by atoms with Crippen molar-refractivity contribution in [3.63, 3.8) is 0 Å². The molecule has 0 bridgehead atoms. The van der Waals surface area contributed by atoms with Crippen LogP contribution in [0.3, 0.4) is 0 Å². The lowest BCUT2D eigenvalue weighted by Gasteiger charge is -2.24. The Hall–Kier alpha value is -2.08. The van der Waals surface area contributed by atoms with E-state index in [1.807, 2.05) is 45.0 Å². The van der Waals surface area contributed by atoms with E-state index in [4.69, 9.17) is 16.3 Å². The first-order chi connectivity index (χ1) is 11.3. The molecule has 3 rings (SSSR count). The van der Waals surface area contributed by atoms with Crippen molar-refractivity contribution in [1.29, 1.82) is 0 Å². The maximum Gasteiger partial charge on any atom is 0.410 e. The number of carbonyl (C=O) groups is 1. The summed E-state index contributed by atoms with van der Waals surface area (Å²) in [6.07, 6.45) is 0.548. The van der Waals surface area contributed by atoms with Crippen LogP contribution >= 0.6 is 11.6 Å². The molecule has 1 aromatic carbocycles. The molecule has 128 valence electrons. The molecule has 24 heavy (non-hydrogen) atoms. The Morgan fingerprint density at radius 2 is 2.08 bits per heavy atom. The van der Waals surface area contributed by atoms with E-state index < -0.39 is 5.60 Å². The average Bonchev–Trinajstić information content (AvgIpc) is 2.94. The van der Waals surface area contributed by atoms with Gasteiger partial charge in [-0.3, -0.25) is 0 Å². The highest BCUT2D eigenvalue weighted by Crippen LogP contribution is 2.24. The number of hydrogen-bond acceptors (Lipinski definition) is 5. The van der Waals surface area contributed by atoms with Gasteiger partial charge in [0.05, 0.1) is 5.52 Å². The van der Waals surface area contributed by atoms with Crippen molar-refractivity contribution in [2.75, 3.05) is 18.4 Å². The second-order valence-corrected chi connectivity index (χ2v) is 7.25. The number of hydrogen-bond donors (Lipinski definition) is 1. The largest absolute Gasteiger partial charge is 0.444 e. The van der Waals surface area contributed by atoms with Gasteiger partial charge in [0.25, 0.3) is 0 Å². The normalized spacial score (nSPS) is 18.0. The van der Waals surface area contributed by atoms with Crippen LogP contribution in [0.5, 0.6) is 0 Å². The molecule has 1 unspecified atom stereocenters. The van der Waals surface area contributed by atoms with Gasteiger partial charge in [0.15, 0.2) is 0 Å². The minimum atomic E-state index is -0.487. The second kappa shape index (κ2) is 6.43. The van der Waals surface area contributed by atoms with E-state index in [-0.39, 0.29) is 17.4 Å². The third-order valence-electron chi connectivity index (χ3n) is 3.76. The summed E-state index contributed by atoms with van der Waals surface area (Å²) in [4.78, 5) is 22.4. The van der Waals surface area contributed by atoms with Crippen LogP contribution in [0.15, 0.2) is 24.3 Å². The summed E-state index contributed by atoms with van der Waals surface area (Å²) in [6.45, 7) is 6.83. The molecular formula is C17H21ClN4O2. The molecule has 1 amide bonds. The number of amides is 1. The number of likely N-dealkylation sites (tertiary alicyclic amines) is 1. The number of nitrogens with zero attached hydrogens (tertiary/aromatic N) is 3. The van der Waals surface area contributed by atoms with Gasteiger partial charge in [-0.15, -0.1) is 0 Å². The number of carbonyl (C=O) groups excluding carboxylic acids is 1. The Morgan fingerprint density at radius 1 is 1.33 bits per heavy atom. The van der Waals surface area contributed by atoms with Gasteiger partial charge in [0.1, 0.15) is 11.4 Å². The summed E-state index contributed by atoms with van der Waals surface area (Å²) in [5.41, 5.74) is 0.306. The van der Waals surface area contributed by atoms with Gasteiger partial charge in [-0.25, -0.2) is 14.8 Å². The number of halogens is 1. The van der Waals surface area contributed by atoms with Crippen LogP contribution < -0.4 is 5.32 Å². The van der Waals surface area contributed by atoms with E-state index in [1.54, 1.807) is 4.90 Å². The summed E-state index contributed by atoms with van der Waals surface area (Å²) in [5, 5.41) is 4.51. The van der Waals surface area contributed by atoms with E-state index >= 15 is 0 Å². The van der Waals surface area contributed by atoms with Crippen molar-refractivity contribution in [3.8, 4) is 0 Å². The molecule has 6 nitrogen and oxygen atoms in total. The Kier molecular flexibility index (Phi) is 4.49. The number of para-hydroxylation sites is 1. The number of aromatic nitrogens is 2. The number of nitrogens with one attached hydrogen (secondary N) is 1. The molecule has 0 aliphatic carbocycles. The quantitative estimate of drug-likeness (QED) is 0.838. The fourth-order valence-corrected chi connectivity index (χ4v) is 2.90. The first-order valence-corrected chi connectivity index (χ1v) is 8.36. The summed E-state index contributed by atoms with van der Waals surface area (Å²) < 4.78 is 5.42. The van der Waals surface area contributed by atoms with E-state index in [0.717, 1.165) is 17.3 Å². The highest BCUT2D eigenvalue weighted by molar-refractivity contribution is 6.28. The van der Waals surface area contributed by atoms with Gasteiger partial charge in [-0.2, -0.15) is 0 Å².